The lowest BCUT2D eigenvalue weighted by molar-refractivity contribution is 0.521. The number of oxazole rings is 1. The Labute approximate surface area is 192 Å². The summed E-state index contributed by atoms with van der Waals surface area (Å²) in [6, 6.07) is 10.1. The average Bonchev–Trinajstić information content (AvgIpc) is 3.36. The van der Waals surface area contributed by atoms with E-state index in [1.807, 2.05) is 26.8 Å². The normalized spacial score (nSPS) is 11.6. The Bertz CT molecular complexity index is 1360. The lowest BCUT2D eigenvalue weighted by atomic mass is 10.2. The first-order chi connectivity index (χ1) is 15.7. The molecule has 0 aliphatic heterocycles. The quantitative estimate of drug-likeness (QED) is 0.379. The smallest absolute Gasteiger partial charge is 0.240 e. The van der Waals surface area contributed by atoms with Gasteiger partial charge in [0, 0.05) is 31.3 Å². The van der Waals surface area contributed by atoms with E-state index in [9.17, 15) is 8.42 Å². The van der Waals surface area contributed by atoms with E-state index in [1.165, 1.54) is 6.26 Å². The van der Waals surface area contributed by atoms with Crippen molar-refractivity contribution in [1.29, 1.82) is 0 Å². The van der Waals surface area contributed by atoms with Crippen LogP contribution < -0.4 is 10.0 Å². The van der Waals surface area contributed by atoms with E-state index in [-0.39, 0.29) is 11.4 Å². The van der Waals surface area contributed by atoms with Crippen molar-refractivity contribution in [3.8, 4) is 17.1 Å². The van der Waals surface area contributed by atoms with Gasteiger partial charge in [-0.1, -0.05) is 12.1 Å². The van der Waals surface area contributed by atoms with Crippen LogP contribution in [0, 0.1) is 27.7 Å². The van der Waals surface area contributed by atoms with Gasteiger partial charge in [0.25, 0.3) is 0 Å². The summed E-state index contributed by atoms with van der Waals surface area (Å²) >= 11 is 0. The molecule has 0 aliphatic carbocycles. The highest BCUT2D eigenvalue weighted by Gasteiger charge is 2.14. The van der Waals surface area contributed by atoms with E-state index in [2.05, 4.69) is 30.3 Å². The van der Waals surface area contributed by atoms with E-state index in [0.29, 0.717) is 29.8 Å². The van der Waals surface area contributed by atoms with Gasteiger partial charge in [0.15, 0.2) is 11.7 Å². The Balaban J connectivity index is 1.31. The molecule has 10 nitrogen and oxygen atoms in total. The summed E-state index contributed by atoms with van der Waals surface area (Å²) in [4.78, 5) is 4.41. The third kappa shape index (κ3) is 4.94. The molecule has 0 bridgehead atoms. The summed E-state index contributed by atoms with van der Waals surface area (Å²) < 4.78 is 34.6. The number of nitrogens with zero attached hydrogens (tertiary/aromatic N) is 5. The number of sulfonamides is 1. The maximum Gasteiger partial charge on any atom is 0.240 e. The van der Waals surface area contributed by atoms with Gasteiger partial charge in [-0.25, -0.2) is 22.8 Å². The van der Waals surface area contributed by atoms with Crippen LogP contribution in [-0.4, -0.2) is 46.5 Å². The molecule has 2 N–H and O–H groups in total. The molecule has 11 heteroatoms. The third-order valence-corrected chi connectivity index (χ3v) is 6.80. The van der Waals surface area contributed by atoms with Crippen LogP contribution in [0.5, 0.6) is 0 Å². The molecule has 0 fully saturated rings. The molecule has 4 aromatic rings. The fourth-order valence-corrected chi connectivity index (χ4v) is 4.27. The monoisotopic (exact) mass is 467 g/mol. The Morgan fingerprint density at radius 2 is 1.73 bits per heavy atom. The number of nitrogens with one attached hydrogen (secondary N) is 2. The zero-order valence-corrected chi connectivity index (χ0v) is 19.6. The standard InChI is InChI=1S/C22H25N7O3S/c1-14-15(2)28-29(16(14)3)22-10-9-21(26-27-22)23-11-12-24-33(30,31)19-7-5-18(6-8-19)20-13-32-17(4)25-20/h5-10,13,24H,11-12H2,1-4H3,(H,23,26). The zero-order valence-electron chi connectivity index (χ0n) is 18.8. The van der Waals surface area contributed by atoms with Crippen LogP contribution in [0.3, 0.4) is 0 Å². The van der Waals surface area contributed by atoms with E-state index in [4.69, 9.17) is 4.42 Å². The van der Waals surface area contributed by atoms with Crippen LogP contribution in [0.1, 0.15) is 22.8 Å². The molecule has 172 valence electrons. The summed E-state index contributed by atoms with van der Waals surface area (Å²) in [7, 11) is -3.64. The summed E-state index contributed by atoms with van der Waals surface area (Å²) in [5.41, 5.74) is 4.53. The molecule has 0 aliphatic rings. The molecule has 0 amide bonds. The van der Waals surface area contributed by atoms with E-state index in [1.54, 1.807) is 41.9 Å². The van der Waals surface area contributed by atoms with Crippen LogP contribution in [0.15, 0.2) is 52.0 Å². The Morgan fingerprint density at radius 1 is 0.970 bits per heavy atom. The SMILES string of the molecule is Cc1nc(-c2ccc(S(=O)(=O)NCCNc3ccc(-n4nc(C)c(C)c4C)nn3)cc2)co1. The van der Waals surface area contributed by atoms with E-state index in [0.717, 1.165) is 22.5 Å². The Morgan fingerprint density at radius 3 is 2.30 bits per heavy atom. The van der Waals surface area contributed by atoms with Gasteiger partial charge >= 0.3 is 0 Å². The molecule has 0 atom stereocenters. The highest BCUT2D eigenvalue weighted by molar-refractivity contribution is 7.89. The topological polar surface area (TPSA) is 128 Å². The fourth-order valence-electron chi connectivity index (χ4n) is 3.24. The summed E-state index contributed by atoms with van der Waals surface area (Å²) in [5, 5.41) is 15.9. The predicted octanol–water partition coefficient (Wildman–Crippen LogP) is 2.94. The molecular weight excluding hydrogens is 442 g/mol. The number of hydrogen-bond donors (Lipinski definition) is 2. The van der Waals surface area contributed by atoms with Gasteiger partial charge in [-0.15, -0.1) is 10.2 Å². The lowest BCUT2D eigenvalue weighted by Gasteiger charge is -2.09. The summed E-state index contributed by atoms with van der Waals surface area (Å²) in [5.74, 6) is 1.72. The molecule has 0 saturated carbocycles. The van der Waals surface area contributed by atoms with E-state index >= 15 is 0 Å². The average molecular weight is 468 g/mol. The second kappa shape index (κ2) is 9.12. The van der Waals surface area contributed by atoms with Gasteiger partial charge in [-0.3, -0.25) is 0 Å². The van der Waals surface area contributed by atoms with Gasteiger partial charge in [-0.05, 0) is 50.6 Å². The molecule has 0 unspecified atom stereocenters. The number of aryl methyl sites for hydroxylation is 2. The second-order valence-electron chi connectivity index (χ2n) is 7.59. The van der Waals surface area contributed by atoms with E-state index < -0.39 is 10.0 Å². The molecule has 0 spiro atoms. The van der Waals surface area contributed by atoms with Crippen molar-refractivity contribution in [3.05, 3.63) is 65.5 Å². The first-order valence-electron chi connectivity index (χ1n) is 10.4. The number of benzene rings is 1. The zero-order chi connectivity index (χ0) is 23.6. The minimum atomic E-state index is -3.64. The Hall–Kier alpha value is -3.57. The fraction of sp³-hybridized carbons (Fsp3) is 0.273. The first-order valence-corrected chi connectivity index (χ1v) is 11.9. The van der Waals surface area contributed by atoms with Gasteiger partial charge in [-0.2, -0.15) is 5.10 Å². The number of anilines is 1. The van der Waals surface area contributed by atoms with Crippen LogP contribution in [0.4, 0.5) is 5.82 Å². The van der Waals surface area contributed by atoms with Crippen LogP contribution >= 0.6 is 0 Å². The molecular formula is C22H25N7O3S. The van der Waals surface area contributed by atoms with Crippen LogP contribution in [-0.2, 0) is 10.0 Å². The Kier molecular flexibility index (Phi) is 6.25. The van der Waals surface area contributed by atoms with Gasteiger partial charge < -0.3 is 9.73 Å². The largest absolute Gasteiger partial charge is 0.449 e. The molecule has 0 radical (unpaired) electrons. The lowest BCUT2D eigenvalue weighted by Crippen LogP contribution is -2.29. The maximum atomic E-state index is 12.5. The highest BCUT2D eigenvalue weighted by Crippen LogP contribution is 2.20. The number of aromatic nitrogens is 5. The third-order valence-electron chi connectivity index (χ3n) is 5.32. The van der Waals surface area contributed by atoms with Gasteiger partial charge in [0.1, 0.15) is 17.8 Å². The van der Waals surface area contributed by atoms with Crippen LogP contribution in [0.25, 0.3) is 17.1 Å². The second-order valence-corrected chi connectivity index (χ2v) is 9.35. The molecule has 3 heterocycles. The van der Waals surface area contributed by atoms with Crippen molar-refractivity contribution < 1.29 is 12.8 Å². The predicted molar refractivity (Wildman–Crippen MR) is 124 cm³/mol. The van der Waals surface area contributed by atoms with Crippen molar-refractivity contribution in [2.24, 2.45) is 0 Å². The van der Waals surface area contributed by atoms with Crippen molar-refractivity contribution in [2.75, 3.05) is 18.4 Å². The molecule has 0 saturated heterocycles. The van der Waals surface area contributed by atoms with Crippen LogP contribution in [0.2, 0.25) is 0 Å². The number of rotatable bonds is 8. The molecule has 1 aromatic carbocycles. The maximum absolute atomic E-state index is 12.5. The van der Waals surface area contributed by atoms with Crippen molar-refractivity contribution in [3.63, 3.8) is 0 Å². The summed E-state index contributed by atoms with van der Waals surface area (Å²) in [6.07, 6.45) is 1.54. The van der Waals surface area contributed by atoms with Crippen molar-refractivity contribution in [1.82, 2.24) is 29.7 Å². The number of hydrogen-bond acceptors (Lipinski definition) is 8. The van der Waals surface area contributed by atoms with Gasteiger partial charge in [0.2, 0.25) is 10.0 Å². The van der Waals surface area contributed by atoms with Crippen molar-refractivity contribution in [2.45, 2.75) is 32.6 Å². The molecule has 4 rings (SSSR count). The molecule has 33 heavy (non-hydrogen) atoms. The molecule has 3 aromatic heterocycles. The minimum Gasteiger partial charge on any atom is -0.449 e. The first kappa shape index (κ1) is 22.6. The van der Waals surface area contributed by atoms with Gasteiger partial charge in [0.05, 0.1) is 10.6 Å². The van der Waals surface area contributed by atoms with Crippen molar-refractivity contribution >= 4 is 15.8 Å². The minimum absolute atomic E-state index is 0.177. The highest BCUT2D eigenvalue weighted by atomic mass is 32.2. The summed E-state index contributed by atoms with van der Waals surface area (Å²) in [6.45, 7) is 8.25.